The second kappa shape index (κ2) is 6.09. The Morgan fingerprint density at radius 3 is 2.73 bits per heavy atom. The number of hydrogen-bond acceptors (Lipinski definition) is 5. The fourth-order valence-electron chi connectivity index (χ4n) is 3.12. The molecule has 1 aliphatic rings. The lowest BCUT2D eigenvalue weighted by molar-refractivity contribution is 0.289. The lowest BCUT2D eigenvalue weighted by atomic mass is 9.87. The topological polar surface area (TPSA) is 71.6 Å². The number of hydrogen-bond donors (Lipinski definition) is 0. The molecule has 0 spiro atoms. The van der Waals surface area contributed by atoms with Gasteiger partial charge in [0.2, 0.25) is 0 Å². The molecule has 2 aromatic heterocycles. The lowest BCUT2D eigenvalue weighted by Crippen LogP contribution is -2.30. The van der Waals surface area contributed by atoms with Gasteiger partial charge >= 0.3 is 0 Å². The predicted molar refractivity (Wildman–Crippen MR) is 87.0 cm³/mol. The van der Waals surface area contributed by atoms with Crippen molar-refractivity contribution in [1.82, 2.24) is 14.5 Å². The van der Waals surface area contributed by atoms with E-state index < -0.39 is 0 Å². The molecule has 2 aromatic rings. The van der Waals surface area contributed by atoms with Crippen LogP contribution in [-0.2, 0) is 0 Å². The summed E-state index contributed by atoms with van der Waals surface area (Å²) in [7, 11) is 0. The maximum absolute atomic E-state index is 12.7. The molecule has 0 bridgehead atoms. The van der Waals surface area contributed by atoms with Gasteiger partial charge in [0.15, 0.2) is 5.16 Å². The summed E-state index contributed by atoms with van der Waals surface area (Å²) >= 11 is 1.45. The van der Waals surface area contributed by atoms with E-state index in [0.29, 0.717) is 16.7 Å². The molecule has 114 valence electrons. The third-order valence-corrected chi connectivity index (χ3v) is 4.97. The predicted octanol–water partition coefficient (Wildman–Crippen LogP) is 3.14. The van der Waals surface area contributed by atoms with E-state index in [4.69, 9.17) is 0 Å². The summed E-state index contributed by atoms with van der Waals surface area (Å²) in [6, 6.07) is 3.74. The molecule has 0 aliphatic heterocycles. The third-order valence-electron chi connectivity index (χ3n) is 4.40. The van der Waals surface area contributed by atoms with E-state index in [1.54, 1.807) is 16.8 Å². The number of rotatable bonds is 2. The SMILES string of the molecule is CSc1ncc2cc(C#N)c(=O)n([C@H]3CC[C@H](C)CC3)c2n1. The Morgan fingerprint density at radius 2 is 2.09 bits per heavy atom. The van der Waals surface area contributed by atoms with Gasteiger partial charge in [-0.15, -0.1) is 0 Å². The van der Waals surface area contributed by atoms with Gasteiger partial charge in [-0.1, -0.05) is 18.7 Å². The zero-order valence-corrected chi connectivity index (χ0v) is 13.6. The molecule has 6 heteroatoms. The minimum atomic E-state index is -0.222. The van der Waals surface area contributed by atoms with Gasteiger partial charge in [0.05, 0.1) is 0 Å². The van der Waals surface area contributed by atoms with Crippen LogP contribution in [0.1, 0.15) is 44.2 Å². The Hall–Kier alpha value is -1.87. The highest BCUT2D eigenvalue weighted by atomic mass is 32.2. The van der Waals surface area contributed by atoms with Crippen molar-refractivity contribution in [1.29, 1.82) is 5.26 Å². The standard InChI is InChI=1S/C16H18N4OS/c1-10-3-5-13(6-4-10)20-14-12(7-11(8-17)15(20)21)9-18-16(19-14)22-2/h7,9-10,13H,3-6H2,1-2H3/t10-,13-. The van der Waals surface area contributed by atoms with E-state index in [-0.39, 0.29) is 17.2 Å². The van der Waals surface area contributed by atoms with Crippen molar-refractivity contribution in [2.45, 2.75) is 43.8 Å². The van der Waals surface area contributed by atoms with E-state index in [1.165, 1.54) is 11.8 Å². The second-order valence-corrected chi connectivity index (χ2v) is 6.67. The maximum atomic E-state index is 12.7. The average molecular weight is 314 g/mol. The van der Waals surface area contributed by atoms with E-state index >= 15 is 0 Å². The van der Waals surface area contributed by atoms with Crippen molar-refractivity contribution in [2.75, 3.05) is 6.26 Å². The molecule has 3 rings (SSSR count). The van der Waals surface area contributed by atoms with Gasteiger partial charge in [-0.25, -0.2) is 9.97 Å². The minimum Gasteiger partial charge on any atom is -0.288 e. The number of pyridine rings is 1. The summed E-state index contributed by atoms with van der Waals surface area (Å²) in [5, 5.41) is 10.6. The summed E-state index contributed by atoms with van der Waals surface area (Å²) in [5.41, 5.74) is 0.606. The summed E-state index contributed by atoms with van der Waals surface area (Å²) in [5.74, 6) is 0.703. The molecule has 0 radical (unpaired) electrons. The van der Waals surface area contributed by atoms with Crippen LogP contribution in [-0.4, -0.2) is 20.8 Å². The van der Waals surface area contributed by atoms with Gasteiger partial charge in [0.1, 0.15) is 17.3 Å². The second-order valence-electron chi connectivity index (χ2n) is 5.89. The van der Waals surface area contributed by atoms with Crippen LogP contribution in [0.2, 0.25) is 0 Å². The monoisotopic (exact) mass is 314 g/mol. The fraction of sp³-hybridized carbons (Fsp3) is 0.500. The molecule has 0 amide bonds. The van der Waals surface area contributed by atoms with E-state index in [9.17, 15) is 10.1 Å². The molecule has 2 heterocycles. The van der Waals surface area contributed by atoms with Gasteiger partial charge in [-0.05, 0) is 43.9 Å². The highest BCUT2D eigenvalue weighted by Crippen LogP contribution is 2.32. The smallest absolute Gasteiger partial charge is 0.270 e. The number of aromatic nitrogens is 3. The Balaban J connectivity index is 2.22. The Labute approximate surface area is 133 Å². The fourth-order valence-corrected chi connectivity index (χ4v) is 3.46. The van der Waals surface area contributed by atoms with Crippen molar-refractivity contribution in [3.05, 3.63) is 28.2 Å². The van der Waals surface area contributed by atoms with Crippen molar-refractivity contribution in [3.8, 4) is 6.07 Å². The van der Waals surface area contributed by atoms with Crippen molar-refractivity contribution >= 4 is 22.8 Å². The molecular weight excluding hydrogens is 296 g/mol. The quantitative estimate of drug-likeness (QED) is 0.629. The summed E-state index contributed by atoms with van der Waals surface area (Å²) in [6.45, 7) is 2.25. The van der Waals surface area contributed by atoms with Crippen LogP contribution in [0.4, 0.5) is 0 Å². The molecule has 0 aromatic carbocycles. The van der Waals surface area contributed by atoms with Crippen LogP contribution in [0.5, 0.6) is 0 Å². The highest BCUT2D eigenvalue weighted by molar-refractivity contribution is 7.98. The van der Waals surface area contributed by atoms with Crippen molar-refractivity contribution < 1.29 is 0 Å². The van der Waals surface area contributed by atoms with Gasteiger partial charge in [-0.2, -0.15) is 5.26 Å². The zero-order chi connectivity index (χ0) is 15.7. The molecule has 0 saturated heterocycles. The van der Waals surface area contributed by atoms with Crippen LogP contribution in [0.25, 0.3) is 11.0 Å². The van der Waals surface area contributed by atoms with Gasteiger partial charge < -0.3 is 0 Å². The van der Waals surface area contributed by atoms with E-state index in [2.05, 4.69) is 16.9 Å². The lowest BCUT2D eigenvalue weighted by Gasteiger charge is -2.28. The number of thioether (sulfide) groups is 1. The molecule has 0 N–H and O–H groups in total. The van der Waals surface area contributed by atoms with Crippen LogP contribution in [0, 0.1) is 17.2 Å². The average Bonchev–Trinajstić information content (AvgIpc) is 2.55. The van der Waals surface area contributed by atoms with Crippen molar-refractivity contribution in [2.24, 2.45) is 5.92 Å². The number of nitriles is 1. The molecule has 22 heavy (non-hydrogen) atoms. The molecule has 0 atom stereocenters. The molecule has 1 fully saturated rings. The first-order chi connectivity index (χ1) is 10.6. The highest BCUT2D eigenvalue weighted by Gasteiger charge is 2.24. The summed E-state index contributed by atoms with van der Waals surface area (Å²) in [6.07, 6.45) is 7.75. The van der Waals surface area contributed by atoms with E-state index in [1.807, 2.05) is 12.3 Å². The summed E-state index contributed by atoms with van der Waals surface area (Å²) < 4.78 is 1.74. The molecule has 1 saturated carbocycles. The minimum absolute atomic E-state index is 0.129. The van der Waals surface area contributed by atoms with Gasteiger partial charge in [0, 0.05) is 17.6 Å². The maximum Gasteiger partial charge on any atom is 0.270 e. The Kier molecular flexibility index (Phi) is 4.16. The van der Waals surface area contributed by atoms with Crippen molar-refractivity contribution in [3.63, 3.8) is 0 Å². The largest absolute Gasteiger partial charge is 0.288 e. The summed E-state index contributed by atoms with van der Waals surface area (Å²) in [4.78, 5) is 21.5. The van der Waals surface area contributed by atoms with Crippen LogP contribution < -0.4 is 5.56 Å². The van der Waals surface area contributed by atoms with Crippen LogP contribution >= 0.6 is 11.8 Å². The normalized spacial score (nSPS) is 21.7. The van der Waals surface area contributed by atoms with Crippen LogP contribution in [0.15, 0.2) is 22.2 Å². The van der Waals surface area contributed by atoms with Gasteiger partial charge in [0.25, 0.3) is 5.56 Å². The number of fused-ring (bicyclic) bond motifs is 1. The molecule has 5 nitrogen and oxygen atoms in total. The first-order valence-corrected chi connectivity index (χ1v) is 8.73. The third kappa shape index (κ3) is 2.61. The Morgan fingerprint density at radius 1 is 1.36 bits per heavy atom. The van der Waals surface area contributed by atoms with E-state index in [0.717, 1.165) is 31.1 Å². The molecule has 0 unspecified atom stereocenters. The Bertz CT molecular complexity index is 800. The molecule has 1 aliphatic carbocycles. The van der Waals surface area contributed by atoms with Gasteiger partial charge in [-0.3, -0.25) is 9.36 Å². The zero-order valence-electron chi connectivity index (χ0n) is 12.7. The van der Waals surface area contributed by atoms with Crippen LogP contribution in [0.3, 0.4) is 0 Å². The molecular formula is C16H18N4OS. The first kappa shape index (κ1) is 15.0. The number of nitrogens with zero attached hydrogens (tertiary/aromatic N) is 4. The first-order valence-electron chi connectivity index (χ1n) is 7.50.